The van der Waals surface area contributed by atoms with Gasteiger partial charge in [0.05, 0.1) is 0 Å². The number of hydrogen-bond donors (Lipinski definition) is 2. The summed E-state index contributed by atoms with van der Waals surface area (Å²) < 4.78 is 0. The molecule has 2 N–H and O–H groups in total. The van der Waals surface area contributed by atoms with Crippen LogP contribution in [0.4, 0.5) is 0 Å². The van der Waals surface area contributed by atoms with Crippen LogP contribution in [0.3, 0.4) is 0 Å². The largest absolute Gasteiger partial charge is 0.508 e. The molecule has 0 spiro atoms. The molecule has 0 aliphatic heterocycles. The van der Waals surface area contributed by atoms with Crippen molar-refractivity contribution in [3.8, 4) is 11.5 Å². The zero-order valence-electron chi connectivity index (χ0n) is 9.23. The summed E-state index contributed by atoms with van der Waals surface area (Å²) >= 11 is 6.01. The molecule has 0 saturated heterocycles. The Morgan fingerprint density at radius 3 is 2.24 bits per heavy atom. The highest BCUT2D eigenvalue weighted by Crippen LogP contribution is 2.27. The number of rotatable bonds is 3. The molecule has 0 heterocycles. The van der Waals surface area contributed by atoms with Gasteiger partial charge in [0.25, 0.3) is 0 Å². The van der Waals surface area contributed by atoms with Crippen LogP contribution in [-0.4, -0.2) is 10.2 Å². The molecule has 0 saturated carbocycles. The Labute approximate surface area is 105 Å². The van der Waals surface area contributed by atoms with Crippen molar-refractivity contribution in [1.29, 1.82) is 0 Å². The van der Waals surface area contributed by atoms with E-state index in [9.17, 15) is 10.2 Å². The van der Waals surface area contributed by atoms with E-state index in [2.05, 4.69) is 0 Å². The molecule has 2 aromatic rings. The standard InChI is InChI=1S/C14H13ClO2/c15-12-5-3-7-14(17)11(12)9-8-10-4-1-2-6-13(10)16/h1-7,16-17H,8-9H2. The molecule has 88 valence electrons. The van der Waals surface area contributed by atoms with Crippen LogP contribution in [0.1, 0.15) is 11.1 Å². The molecule has 3 heteroatoms. The van der Waals surface area contributed by atoms with Gasteiger partial charge in [-0.15, -0.1) is 0 Å². The molecule has 0 aliphatic rings. The Balaban J connectivity index is 2.16. The van der Waals surface area contributed by atoms with Crippen LogP contribution in [-0.2, 0) is 12.8 Å². The molecule has 2 aromatic carbocycles. The Bertz CT molecular complexity index is 503. The van der Waals surface area contributed by atoms with Crippen molar-refractivity contribution in [2.24, 2.45) is 0 Å². The Kier molecular flexibility index (Phi) is 3.55. The first-order valence-corrected chi connectivity index (χ1v) is 5.79. The van der Waals surface area contributed by atoms with Crippen LogP contribution in [0, 0.1) is 0 Å². The van der Waals surface area contributed by atoms with E-state index in [0.717, 1.165) is 11.1 Å². The summed E-state index contributed by atoms with van der Waals surface area (Å²) in [6.07, 6.45) is 1.24. The molecular formula is C14H13ClO2. The Hall–Kier alpha value is -1.67. The summed E-state index contributed by atoms with van der Waals surface area (Å²) in [6, 6.07) is 12.3. The van der Waals surface area contributed by atoms with E-state index in [0.29, 0.717) is 17.9 Å². The predicted octanol–water partition coefficient (Wildman–Crippen LogP) is 3.54. The lowest BCUT2D eigenvalue weighted by atomic mass is 10.0. The summed E-state index contributed by atoms with van der Waals surface area (Å²) in [6.45, 7) is 0. The minimum Gasteiger partial charge on any atom is -0.508 e. The van der Waals surface area contributed by atoms with Crippen molar-refractivity contribution in [2.45, 2.75) is 12.8 Å². The highest BCUT2D eigenvalue weighted by atomic mass is 35.5. The summed E-state index contributed by atoms with van der Waals surface area (Å²) in [5, 5.41) is 19.9. The van der Waals surface area contributed by atoms with E-state index in [1.807, 2.05) is 12.1 Å². The fourth-order valence-corrected chi connectivity index (χ4v) is 2.04. The third kappa shape index (κ3) is 2.71. The number of hydrogen-bond acceptors (Lipinski definition) is 2. The second-order valence-corrected chi connectivity index (χ2v) is 4.27. The summed E-state index contributed by atoms with van der Waals surface area (Å²) in [7, 11) is 0. The first-order chi connectivity index (χ1) is 8.18. The summed E-state index contributed by atoms with van der Waals surface area (Å²) in [5.41, 5.74) is 1.57. The van der Waals surface area contributed by atoms with Gasteiger partial charge in [0.15, 0.2) is 0 Å². The highest BCUT2D eigenvalue weighted by Gasteiger charge is 2.07. The van der Waals surface area contributed by atoms with Crippen LogP contribution < -0.4 is 0 Å². The van der Waals surface area contributed by atoms with Gasteiger partial charge < -0.3 is 10.2 Å². The zero-order chi connectivity index (χ0) is 12.3. The number of benzene rings is 2. The smallest absolute Gasteiger partial charge is 0.120 e. The maximum absolute atomic E-state index is 9.69. The van der Waals surface area contributed by atoms with Crippen LogP contribution >= 0.6 is 11.6 Å². The van der Waals surface area contributed by atoms with Gasteiger partial charge in [-0.3, -0.25) is 0 Å². The number of para-hydroxylation sites is 1. The zero-order valence-corrected chi connectivity index (χ0v) is 9.98. The summed E-state index contributed by atoms with van der Waals surface area (Å²) in [4.78, 5) is 0. The van der Waals surface area contributed by atoms with Gasteiger partial charge in [-0.2, -0.15) is 0 Å². The Morgan fingerprint density at radius 1 is 0.824 bits per heavy atom. The third-order valence-corrected chi connectivity index (χ3v) is 3.08. The first kappa shape index (κ1) is 11.8. The topological polar surface area (TPSA) is 40.5 Å². The van der Waals surface area contributed by atoms with Crippen LogP contribution in [0.2, 0.25) is 5.02 Å². The van der Waals surface area contributed by atoms with Crippen molar-refractivity contribution in [1.82, 2.24) is 0 Å². The van der Waals surface area contributed by atoms with E-state index in [1.54, 1.807) is 30.3 Å². The van der Waals surface area contributed by atoms with E-state index < -0.39 is 0 Å². The molecule has 0 unspecified atom stereocenters. The predicted molar refractivity (Wildman–Crippen MR) is 68.6 cm³/mol. The van der Waals surface area contributed by atoms with Crippen molar-refractivity contribution < 1.29 is 10.2 Å². The Morgan fingerprint density at radius 2 is 1.53 bits per heavy atom. The lowest BCUT2D eigenvalue weighted by Crippen LogP contribution is -1.93. The summed E-state index contributed by atoms with van der Waals surface area (Å²) in [5.74, 6) is 0.479. The lowest BCUT2D eigenvalue weighted by molar-refractivity contribution is 0.462. The van der Waals surface area contributed by atoms with E-state index >= 15 is 0 Å². The molecule has 0 bridgehead atoms. The van der Waals surface area contributed by atoms with E-state index in [1.165, 1.54) is 0 Å². The SMILES string of the molecule is Oc1ccccc1CCc1c(O)cccc1Cl. The number of aromatic hydroxyl groups is 2. The van der Waals surface area contributed by atoms with Gasteiger partial charge in [-0.25, -0.2) is 0 Å². The maximum atomic E-state index is 9.69. The average Bonchev–Trinajstić information content (AvgIpc) is 2.30. The van der Waals surface area contributed by atoms with Crippen LogP contribution in [0.25, 0.3) is 0 Å². The van der Waals surface area contributed by atoms with Gasteiger partial charge in [0.2, 0.25) is 0 Å². The van der Waals surface area contributed by atoms with Crippen molar-refractivity contribution in [2.75, 3.05) is 0 Å². The molecule has 0 radical (unpaired) electrons. The molecule has 0 atom stereocenters. The number of aryl methyl sites for hydroxylation is 1. The fraction of sp³-hybridized carbons (Fsp3) is 0.143. The van der Waals surface area contributed by atoms with E-state index in [4.69, 9.17) is 11.6 Å². The number of halogens is 1. The van der Waals surface area contributed by atoms with E-state index in [-0.39, 0.29) is 11.5 Å². The van der Waals surface area contributed by atoms with Gasteiger partial charge >= 0.3 is 0 Å². The molecule has 0 fully saturated rings. The fourth-order valence-electron chi connectivity index (χ4n) is 1.78. The normalized spacial score (nSPS) is 10.4. The molecule has 0 aromatic heterocycles. The molecule has 0 aliphatic carbocycles. The van der Waals surface area contributed by atoms with Crippen LogP contribution in [0.15, 0.2) is 42.5 Å². The lowest BCUT2D eigenvalue weighted by Gasteiger charge is -2.08. The van der Waals surface area contributed by atoms with Gasteiger partial charge in [0.1, 0.15) is 11.5 Å². The van der Waals surface area contributed by atoms with Gasteiger partial charge in [-0.05, 0) is 36.6 Å². The highest BCUT2D eigenvalue weighted by molar-refractivity contribution is 6.31. The average molecular weight is 249 g/mol. The second-order valence-electron chi connectivity index (χ2n) is 3.87. The number of phenolic OH excluding ortho intramolecular Hbond substituents is 2. The first-order valence-electron chi connectivity index (χ1n) is 5.41. The molecule has 0 amide bonds. The molecule has 17 heavy (non-hydrogen) atoms. The van der Waals surface area contributed by atoms with Crippen molar-refractivity contribution >= 4 is 11.6 Å². The minimum atomic E-state index is 0.202. The van der Waals surface area contributed by atoms with Crippen molar-refractivity contribution in [3.05, 3.63) is 58.6 Å². The molecular weight excluding hydrogens is 236 g/mol. The van der Waals surface area contributed by atoms with Gasteiger partial charge in [-0.1, -0.05) is 35.9 Å². The maximum Gasteiger partial charge on any atom is 0.120 e. The minimum absolute atomic E-state index is 0.202. The quantitative estimate of drug-likeness (QED) is 0.872. The monoisotopic (exact) mass is 248 g/mol. The molecule has 2 nitrogen and oxygen atoms in total. The van der Waals surface area contributed by atoms with Crippen LogP contribution in [0.5, 0.6) is 11.5 Å². The van der Waals surface area contributed by atoms with Crippen molar-refractivity contribution in [3.63, 3.8) is 0 Å². The molecule has 2 rings (SSSR count). The second kappa shape index (κ2) is 5.11. The third-order valence-electron chi connectivity index (χ3n) is 2.73. The van der Waals surface area contributed by atoms with Gasteiger partial charge in [0, 0.05) is 10.6 Å². The number of phenols is 2.